The molecule has 0 fully saturated rings. The van der Waals surface area contributed by atoms with E-state index in [0.29, 0.717) is 45.8 Å². The van der Waals surface area contributed by atoms with Crippen LogP contribution in [0.15, 0.2) is 237 Å². The van der Waals surface area contributed by atoms with Crippen LogP contribution in [0.2, 0.25) is 0 Å². The normalized spacial score (nSPS) is 15.3. The molecule has 3 aliphatic rings. The summed E-state index contributed by atoms with van der Waals surface area (Å²) < 4.78 is 44.6. The Morgan fingerprint density at radius 1 is 0.448 bits per heavy atom. The van der Waals surface area contributed by atoms with Gasteiger partial charge in [0.2, 0.25) is 0 Å². The quantitative estimate of drug-likeness (QED) is 0.159. The summed E-state index contributed by atoms with van der Waals surface area (Å²) in [4.78, 5) is 9.76. The zero-order valence-corrected chi connectivity index (χ0v) is 51.6. The van der Waals surface area contributed by atoms with Crippen LogP contribution in [-0.2, 0) is 27.1 Å². The van der Waals surface area contributed by atoms with Crippen LogP contribution in [0.3, 0.4) is 0 Å². The summed E-state index contributed by atoms with van der Waals surface area (Å²) in [6, 6.07) is 74.9. The first-order valence-electron chi connectivity index (χ1n) is 32.6. The molecule has 0 radical (unpaired) electrons. The van der Waals surface area contributed by atoms with Crippen LogP contribution < -0.4 is 14.5 Å². The smallest absolute Gasteiger partial charge is 0.137 e. The molecule has 0 saturated heterocycles. The molecular weight excluding hydrogens is 1060 g/mol. The van der Waals surface area contributed by atoms with E-state index < -0.39 is 5.41 Å². The predicted octanol–water partition coefficient (Wildman–Crippen LogP) is 21.4. The fraction of sp³-hybridized carbons (Fsp3) is 0.207. The van der Waals surface area contributed by atoms with Crippen molar-refractivity contribution in [2.75, 3.05) is 16.5 Å². The van der Waals surface area contributed by atoms with Crippen molar-refractivity contribution in [1.29, 1.82) is 0 Å². The first kappa shape index (κ1) is 49.8. The lowest BCUT2D eigenvalue weighted by atomic mass is 9.55. The van der Waals surface area contributed by atoms with Crippen molar-refractivity contribution in [3.05, 3.63) is 287 Å². The number of hydrogen-bond donors (Lipinski definition) is 0. The van der Waals surface area contributed by atoms with Crippen LogP contribution in [0.1, 0.15) is 132 Å². The molecule has 87 heavy (non-hydrogen) atoms. The Morgan fingerprint density at radius 2 is 1.01 bits per heavy atom. The molecule has 0 N–H and O–H groups in total. The Kier molecular flexibility index (Phi) is 11.2. The number of anilines is 4. The molecule has 3 heterocycles. The van der Waals surface area contributed by atoms with Gasteiger partial charge in [-0.1, -0.05) is 240 Å². The Balaban J connectivity index is 0.903. The third-order valence-corrected chi connectivity index (χ3v) is 19.0. The van der Waals surface area contributed by atoms with Crippen molar-refractivity contribution in [2.24, 2.45) is 0 Å². The predicted molar refractivity (Wildman–Crippen MR) is 364 cm³/mol. The second-order valence-electron chi connectivity index (χ2n) is 27.7. The zero-order valence-electron chi connectivity index (χ0n) is 55.6. The molecule has 10 aromatic carbocycles. The lowest BCUT2D eigenvalue weighted by molar-refractivity contribution is 0.483. The highest BCUT2D eigenvalue weighted by Gasteiger charge is 2.54. The summed E-state index contributed by atoms with van der Waals surface area (Å²) in [5.74, 6) is 1.74. The highest BCUT2D eigenvalue weighted by Crippen LogP contribution is 2.64. The van der Waals surface area contributed by atoms with Crippen LogP contribution in [0.4, 0.5) is 22.7 Å². The van der Waals surface area contributed by atoms with Crippen molar-refractivity contribution >= 4 is 44.6 Å². The first-order chi connectivity index (χ1) is 43.5. The minimum atomic E-state index is -0.565. The molecule has 2 aromatic heterocycles. The number of aromatic nitrogens is 2. The van der Waals surface area contributed by atoms with Gasteiger partial charge in [0.1, 0.15) is 24.0 Å². The van der Waals surface area contributed by atoms with Crippen LogP contribution in [0, 0.1) is 0 Å². The average Bonchev–Trinajstić information content (AvgIpc) is 1.58. The van der Waals surface area contributed by atoms with E-state index in [1.807, 2.05) is 47.0 Å². The van der Waals surface area contributed by atoms with Gasteiger partial charge >= 0.3 is 0 Å². The lowest BCUT2D eigenvalue weighted by Gasteiger charge is -2.46. The van der Waals surface area contributed by atoms with Gasteiger partial charge in [-0.15, -0.1) is 0 Å². The van der Waals surface area contributed by atoms with Gasteiger partial charge in [0, 0.05) is 51.3 Å². The molecular formula is C82H74N4O. The largest absolute Gasteiger partial charge is 0.457 e. The maximum atomic E-state index is 9.23. The van der Waals surface area contributed by atoms with Crippen LogP contribution in [0.25, 0.3) is 61.0 Å². The number of fused-ring (bicyclic) bond motifs is 13. The monoisotopic (exact) mass is 1130 g/mol. The van der Waals surface area contributed by atoms with Gasteiger partial charge in [0.05, 0.1) is 39.0 Å². The summed E-state index contributed by atoms with van der Waals surface area (Å²) in [5, 5.41) is 1.11. The molecule has 428 valence electrons. The van der Waals surface area contributed by atoms with E-state index in [9.17, 15) is 1.37 Å². The van der Waals surface area contributed by atoms with Gasteiger partial charge < -0.3 is 14.5 Å². The molecule has 0 saturated carbocycles. The molecule has 12 aromatic rings. The first-order valence-corrected chi connectivity index (χ1v) is 30.6. The minimum absolute atomic E-state index is 0.0942. The topological polar surface area (TPSA) is 33.5 Å². The number of para-hydroxylation sites is 4. The molecule has 1 aliphatic heterocycles. The van der Waals surface area contributed by atoms with Crippen molar-refractivity contribution < 1.29 is 10.2 Å². The van der Waals surface area contributed by atoms with Crippen molar-refractivity contribution in [2.45, 2.75) is 103 Å². The summed E-state index contributed by atoms with van der Waals surface area (Å²) in [6.45, 7) is 25.6. The minimum Gasteiger partial charge on any atom is -0.457 e. The van der Waals surface area contributed by atoms with Gasteiger partial charge in [-0.2, -0.15) is 0 Å². The van der Waals surface area contributed by atoms with Crippen LogP contribution in [0.5, 0.6) is 11.5 Å². The van der Waals surface area contributed by atoms with Gasteiger partial charge in [0.25, 0.3) is 0 Å². The SMILES string of the molecule is [2H]c1c([2H])c([2H])c2c(c1[2H])c1ccc(Oc3cccc(N4CN(c5c(-c6cc(C(C)(C)C)cc(C(C)(C)C)c6)cccc5-c5cccc6c5-c5ccccc5C65c6ccccc6C(C)(C)c6ccccc65)c5ccccc54)c3)cc1n2-c1cc(C(C)(C)C)ccn1. The second kappa shape index (κ2) is 19.5. The van der Waals surface area contributed by atoms with E-state index in [1.165, 1.54) is 66.8 Å². The van der Waals surface area contributed by atoms with E-state index in [2.05, 4.69) is 250 Å². The van der Waals surface area contributed by atoms with Gasteiger partial charge in [0.15, 0.2) is 0 Å². The Hall–Kier alpha value is -9.45. The number of benzene rings is 10. The van der Waals surface area contributed by atoms with Crippen LogP contribution in [-0.4, -0.2) is 16.2 Å². The van der Waals surface area contributed by atoms with Gasteiger partial charge in [-0.3, -0.25) is 4.57 Å². The Morgan fingerprint density at radius 3 is 1.71 bits per heavy atom. The molecule has 5 nitrogen and oxygen atoms in total. The molecule has 5 heteroatoms. The summed E-state index contributed by atoms with van der Waals surface area (Å²) in [5.41, 5.74) is 22.8. The van der Waals surface area contributed by atoms with Gasteiger partial charge in [-0.05, 0) is 143 Å². The van der Waals surface area contributed by atoms with Crippen molar-refractivity contribution in [3.8, 4) is 50.7 Å². The molecule has 0 amide bonds. The van der Waals surface area contributed by atoms with Crippen LogP contribution >= 0.6 is 0 Å². The average molecular weight is 1140 g/mol. The highest BCUT2D eigenvalue weighted by molar-refractivity contribution is 6.10. The third-order valence-electron chi connectivity index (χ3n) is 19.0. The van der Waals surface area contributed by atoms with E-state index in [-0.39, 0.29) is 45.8 Å². The molecule has 0 unspecified atom stereocenters. The fourth-order valence-electron chi connectivity index (χ4n) is 14.5. The molecule has 1 spiro atoms. The highest BCUT2D eigenvalue weighted by atomic mass is 16.5. The summed E-state index contributed by atoms with van der Waals surface area (Å²) in [6.07, 6.45) is 1.77. The zero-order chi connectivity index (χ0) is 63.4. The maximum absolute atomic E-state index is 9.23. The molecule has 2 aliphatic carbocycles. The van der Waals surface area contributed by atoms with Gasteiger partial charge in [-0.25, -0.2) is 4.98 Å². The molecule has 0 atom stereocenters. The molecule has 0 bridgehead atoms. The van der Waals surface area contributed by atoms with Crippen molar-refractivity contribution in [1.82, 2.24) is 9.55 Å². The summed E-state index contributed by atoms with van der Waals surface area (Å²) in [7, 11) is 0. The fourth-order valence-corrected chi connectivity index (χ4v) is 14.5. The number of pyridine rings is 1. The maximum Gasteiger partial charge on any atom is 0.137 e. The number of rotatable bonds is 7. The standard InChI is InChI=1S/C82H74N4O/c1-78(2,3)53-43-44-83-75(48-53)86-71-38-19-13-27-60(71)61-42-41-58(50-74(61)86)87-57-26-22-25-56(49-57)84-51-85(73-40-21-20-39-72(73)84)77-59(52-45-54(79(4,5)6)47-55(46-52)80(7,8)9)29-23-31-63(77)62-30-24-37-70-76(62)64-28-12-14-32-65(64)82(70)68-35-17-15-33-66(68)81(10,11)67-34-16-18-36-69(67)82/h12-50H,51H2,1-11H3/i13D,19D,27D,38D. The third kappa shape index (κ3) is 8.44. The number of nitrogens with zero attached hydrogens (tertiary/aromatic N) is 4. The van der Waals surface area contributed by atoms with Crippen molar-refractivity contribution in [3.63, 3.8) is 0 Å². The second-order valence-corrected chi connectivity index (χ2v) is 27.7. The van der Waals surface area contributed by atoms with E-state index >= 15 is 0 Å². The van der Waals surface area contributed by atoms with E-state index in [0.717, 1.165) is 39.4 Å². The van der Waals surface area contributed by atoms with E-state index in [1.54, 1.807) is 6.20 Å². The lowest BCUT2D eigenvalue weighted by Crippen LogP contribution is -2.40. The van der Waals surface area contributed by atoms with E-state index in [4.69, 9.17) is 13.8 Å². The number of hydrogen-bond acceptors (Lipinski definition) is 4. The number of ether oxygens (including phenoxy) is 1. The summed E-state index contributed by atoms with van der Waals surface area (Å²) >= 11 is 0. The Bertz CT molecular complexity index is 4930. The molecule has 15 rings (SSSR count). The Labute approximate surface area is 518 Å².